The minimum atomic E-state index is 0. The summed E-state index contributed by atoms with van der Waals surface area (Å²) >= 11 is 0. The average molecular weight is 276 g/mol. The first-order valence-corrected chi connectivity index (χ1v) is 6.41. The van der Waals surface area contributed by atoms with Crippen molar-refractivity contribution >= 4 is 10.8 Å². The van der Waals surface area contributed by atoms with Crippen LogP contribution >= 0.6 is 0 Å². The zero-order chi connectivity index (χ0) is 13.2. The highest BCUT2D eigenvalue weighted by Gasteiger charge is 2.17. The number of halogens is 1. The zero-order valence-electron chi connectivity index (χ0n) is 12.0. The van der Waals surface area contributed by atoms with E-state index in [1.54, 1.807) is 0 Å². The third kappa shape index (κ3) is 4.09. The van der Waals surface area contributed by atoms with E-state index in [-0.39, 0.29) is 12.4 Å². The molecular weight excluding hydrogens is 254 g/mol. The highest BCUT2D eigenvalue weighted by Crippen LogP contribution is 2.21. The van der Waals surface area contributed by atoms with E-state index in [9.17, 15) is 0 Å². The van der Waals surface area contributed by atoms with E-state index in [4.69, 9.17) is 0 Å². The van der Waals surface area contributed by atoms with Crippen LogP contribution in [0, 0.1) is 0 Å². The second-order valence-electron chi connectivity index (χ2n) is 5.85. The van der Waals surface area contributed by atoms with Crippen molar-refractivity contribution in [3.8, 4) is 0 Å². The van der Waals surface area contributed by atoms with Crippen molar-refractivity contribution in [1.29, 1.82) is 0 Å². The van der Waals surface area contributed by atoms with Crippen molar-refractivity contribution in [3.05, 3.63) is 60.2 Å². The fraction of sp³-hybridized carbons (Fsp3) is 0.294. The summed E-state index contributed by atoms with van der Waals surface area (Å²) in [5, 5.41) is 2.69. The van der Waals surface area contributed by atoms with E-state index >= 15 is 0 Å². The van der Waals surface area contributed by atoms with Gasteiger partial charge in [-0.25, -0.2) is 0 Å². The maximum Gasteiger partial charge on any atom is 0.105 e. The van der Waals surface area contributed by atoms with Gasteiger partial charge in [0.15, 0.2) is 0 Å². The number of rotatable bonds is 4. The zero-order valence-corrected chi connectivity index (χ0v) is 12.7. The molecule has 0 bridgehead atoms. The van der Waals surface area contributed by atoms with Gasteiger partial charge in [-0.1, -0.05) is 49.0 Å². The molecule has 0 aliphatic rings. The fourth-order valence-electron chi connectivity index (χ4n) is 2.68. The second kappa shape index (κ2) is 6.23. The first kappa shape index (κ1) is 15.7. The van der Waals surface area contributed by atoms with Crippen LogP contribution in [0.4, 0.5) is 0 Å². The van der Waals surface area contributed by atoms with E-state index in [1.165, 1.54) is 21.9 Å². The van der Waals surface area contributed by atoms with E-state index in [1.807, 2.05) is 0 Å². The standard InChI is InChI=1S/C17H22N.ClH/c1-14(2)12-18(3,4)13-16-10-7-9-15-8-5-6-11-17(15)16;/h5-11H,1,12-13H2,2-4H3;1H/q+1;/p-1. The molecule has 0 heterocycles. The smallest absolute Gasteiger partial charge is 0.105 e. The molecule has 102 valence electrons. The van der Waals surface area contributed by atoms with Crippen LogP contribution in [0.3, 0.4) is 0 Å². The third-order valence-corrected chi connectivity index (χ3v) is 3.18. The number of quaternary nitrogens is 1. The number of likely N-dealkylation sites (N-methyl/N-ethyl adjacent to an activating group) is 1. The summed E-state index contributed by atoms with van der Waals surface area (Å²) in [5.41, 5.74) is 2.65. The molecule has 2 rings (SSSR count). The molecule has 0 saturated heterocycles. The Balaban J connectivity index is 0.00000180. The van der Waals surface area contributed by atoms with Crippen molar-refractivity contribution in [3.63, 3.8) is 0 Å². The van der Waals surface area contributed by atoms with Crippen LogP contribution in [0.5, 0.6) is 0 Å². The van der Waals surface area contributed by atoms with Crippen molar-refractivity contribution in [2.24, 2.45) is 0 Å². The molecule has 19 heavy (non-hydrogen) atoms. The van der Waals surface area contributed by atoms with Crippen LogP contribution in [0.15, 0.2) is 54.6 Å². The van der Waals surface area contributed by atoms with Gasteiger partial charge in [-0.2, -0.15) is 0 Å². The van der Waals surface area contributed by atoms with Crippen LogP contribution in [0.2, 0.25) is 0 Å². The lowest BCUT2D eigenvalue weighted by Gasteiger charge is -2.30. The molecule has 0 fully saturated rings. The number of hydrogen-bond acceptors (Lipinski definition) is 0. The highest BCUT2D eigenvalue weighted by atomic mass is 35.5. The summed E-state index contributed by atoms with van der Waals surface area (Å²) in [6.45, 7) is 8.18. The molecule has 1 nitrogen and oxygen atoms in total. The normalized spacial score (nSPS) is 11.1. The van der Waals surface area contributed by atoms with E-state index in [0.29, 0.717) is 0 Å². The number of nitrogens with zero attached hydrogens (tertiary/aromatic N) is 1. The van der Waals surface area contributed by atoms with Crippen LogP contribution in [0.25, 0.3) is 10.8 Å². The molecule has 2 aromatic carbocycles. The predicted octanol–water partition coefficient (Wildman–Crippen LogP) is 0.996. The lowest BCUT2D eigenvalue weighted by atomic mass is 10.0. The van der Waals surface area contributed by atoms with Gasteiger partial charge < -0.3 is 16.9 Å². The van der Waals surface area contributed by atoms with E-state index < -0.39 is 0 Å². The molecule has 2 heteroatoms. The van der Waals surface area contributed by atoms with Crippen LogP contribution < -0.4 is 12.4 Å². The van der Waals surface area contributed by atoms with E-state index in [0.717, 1.165) is 17.6 Å². The Morgan fingerprint density at radius 1 is 1.05 bits per heavy atom. The third-order valence-electron chi connectivity index (χ3n) is 3.18. The molecule has 0 aliphatic heterocycles. The van der Waals surface area contributed by atoms with Crippen LogP contribution in [0.1, 0.15) is 12.5 Å². The molecule has 2 aromatic rings. The maximum atomic E-state index is 4.03. The van der Waals surface area contributed by atoms with Crippen molar-refractivity contribution < 1.29 is 16.9 Å². The van der Waals surface area contributed by atoms with Gasteiger partial charge in [-0.05, 0) is 23.3 Å². The Labute approximate surface area is 122 Å². The van der Waals surface area contributed by atoms with Gasteiger partial charge in [0.05, 0.1) is 20.6 Å². The Morgan fingerprint density at radius 2 is 1.68 bits per heavy atom. The molecule has 0 aliphatic carbocycles. The Morgan fingerprint density at radius 3 is 2.37 bits per heavy atom. The van der Waals surface area contributed by atoms with Gasteiger partial charge in [0.1, 0.15) is 6.54 Å². The first-order chi connectivity index (χ1) is 8.48. The monoisotopic (exact) mass is 275 g/mol. The number of hydrogen-bond donors (Lipinski definition) is 0. The Hall–Kier alpha value is -1.31. The minimum absolute atomic E-state index is 0. The molecule has 0 atom stereocenters. The molecule has 0 unspecified atom stereocenters. The molecule has 0 saturated carbocycles. The van der Waals surface area contributed by atoms with Gasteiger partial charge >= 0.3 is 0 Å². The second-order valence-corrected chi connectivity index (χ2v) is 5.85. The van der Waals surface area contributed by atoms with Crippen molar-refractivity contribution in [2.75, 3.05) is 20.6 Å². The summed E-state index contributed by atoms with van der Waals surface area (Å²) in [6.07, 6.45) is 0. The predicted molar refractivity (Wildman–Crippen MR) is 79.4 cm³/mol. The number of benzene rings is 2. The maximum absolute atomic E-state index is 4.03. The van der Waals surface area contributed by atoms with E-state index in [2.05, 4.69) is 70.1 Å². The summed E-state index contributed by atoms with van der Waals surface area (Å²) in [6, 6.07) is 15.2. The fourth-order valence-corrected chi connectivity index (χ4v) is 2.68. The first-order valence-electron chi connectivity index (χ1n) is 6.41. The summed E-state index contributed by atoms with van der Waals surface area (Å²) in [4.78, 5) is 0. The SMILES string of the molecule is C=C(C)C[N+](C)(C)Cc1cccc2ccccc12.[Cl-]. The van der Waals surface area contributed by atoms with Gasteiger partial charge in [0, 0.05) is 5.56 Å². The van der Waals surface area contributed by atoms with Crippen LogP contribution in [-0.2, 0) is 6.54 Å². The topological polar surface area (TPSA) is 0 Å². The van der Waals surface area contributed by atoms with Gasteiger partial charge in [0.25, 0.3) is 0 Å². The number of fused-ring (bicyclic) bond motifs is 1. The van der Waals surface area contributed by atoms with Crippen molar-refractivity contribution in [2.45, 2.75) is 13.5 Å². The molecule has 0 amide bonds. The average Bonchev–Trinajstić information content (AvgIpc) is 2.27. The minimum Gasteiger partial charge on any atom is -1.00 e. The molecule has 0 spiro atoms. The molecular formula is C17H22ClN. The lowest BCUT2D eigenvalue weighted by Crippen LogP contribution is -3.00. The largest absolute Gasteiger partial charge is 1.00 e. The van der Waals surface area contributed by atoms with Gasteiger partial charge in [0.2, 0.25) is 0 Å². The highest BCUT2D eigenvalue weighted by molar-refractivity contribution is 5.85. The lowest BCUT2D eigenvalue weighted by molar-refractivity contribution is -0.898. The molecule has 0 aromatic heterocycles. The summed E-state index contributed by atoms with van der Waals surface area (Å²) in [7, 11) is 4.52. The summed E-state index contributed by atoms with van der Waals surface area (Å²) < 4.78 is 0.948. The van der Waals surface area contributed by atoms with Gasteiger partial charge in [-0.3, -0.25) is 0 Å². The Bertz CT molecular complexity index is 567. The van der Waals surface area contributed by atoms with Gasteiger partial charge in [-0.15, -0.1) is 0 Å². The Kier molecular flexibility index (Phi) is 5.16. The van der Waals surface area contributed by atoms with Crippen LogP contribution in [-0.4, -0.2) is 25.1 Å². The summed E-state index contributed by atoms with van der Waals surface area (Å²) in [5.74, 6) is 0. The molecule has 0 N–H and O–H groups in total. The van der Waals surface area contributed by atoms with Crippen molar-refractivity contribution in [1.82, 2.24) is 0 Å². The quantitative estimate of drug-likeness (QED) is 0.577. The molecule has 0 radical (unpaired) electrons.